The van der Waals surface area contributed by atoms with Crippen molar-refractivity contribution in [2.45, 2.75) is 45.2 Å². The molecule has 86 valence electrons. The Bertz CT molecular complexity index is 372. The molecule has 0 aromatic carbocycles. The highest BCUT2D eigenvalue weighted by molar-refractivity contribution is 5.18. The van der Waals surface area contributed by atoms with E-state index in [2.05, 4.69) is 12.2 Å². The van der Waals surface area contributed by atoms with Gasteiger partial charge in [0.15, 0.2) is 0 Å². The quantitative estimate of drug-likeness (QED) is 0.845. The zero-order valence-corrected chi connectivity index (χ0v) is 9.70. The number of nitrogens with one attached hydrogen (secondary N) is 1. The van der Waals surface area contributed by atoms with Gasteiger partial charge in [-0.05, 0) is 37.8 Å². The van der Waals surface area contributed by atoms with Crippen LogP contribution in [0.2, 0.25) is 0 Å². The van der Waals surface area contributed by atoms with Crippen molar-refractivity contribution < 1.29 is 4.42 Å². The molecule has 16 heavy (non-hydrogen) atoms. The van der Waals surface area contributed by atoms with Crippen molar-refractivity contribution in [1.29, 1.82) is 5.26 Å². The largest absolute Gasteiger partial charge is 0.449 e. The lowest BCUT2D eigenvalue weighted by atomic mass is 10.00. The minimum atomic E-state index is 0.394. The van der Waals surface area contributed by atoms with Gasteiger partial charge in [-0.3, -0.25) is 0 Å². The van der Waals surface area contributed by atoms with Gasteiger partial charge in [0, 0.05) is 6.04 Å². The standard InChI is InChI=1S/C13H18N2O/c1-10(11-4-2-3-5-11)15-9-13-7-6-12(8-14)16-13/h6-7,10-11,15H,2-5,9H2,1H3/t10-/m1/s1. The molecule has 0 saturated heterocycles. The van der Waals surface area contributed by atoms with Gasteiger partial charge in [0.05, 0.1) is 6.54 Å². The molecule has 3 heteroatoms. The molecule has 0 bridgehead atoms. The van der Waals surface area contributed by atoms with E-state index >= 15 is 0 Å². The van der Waals surface area contributed by atoms with Crippen molar-refractivity contribution in [3.63, 3.8) is 0 Å². The molecular formula is C13H18N2O. The molecule has 1 aliphatic rings. The molecule has 0 amide bonds. The van der Waals surface area contributed by atoms with Crippen LogP contribution in [0.4, 0.5) is 0 Å². The summed E-state index contributed by atoms with van der Waals surface area (Å²) in [5.74, 6) is 2.05. The predicted molar refractivity (Wildman–Crippen MR) is 61.7 cm³/mol. The summed E-state index contributed by atoms with van der Waals surface area (Å²) in [5, 5.41) is 12.1. The monoisotopic (exact) mass is 218 g/mol. The molecule has 1 fully saturated rings. The van der Waals surface area contributed by atoms with Crippen LogP contribution in [0.3, 0.4) is 0 Å². The zero-order valence-electron chi connectivity index (χ0n) is 9.70. The molecule has 0 spiro atoms. The van der Waals surface area contributed by atoms with E-state index in [0.717, 1.165) is 18.2 Å². The predicted octanol–water partition coefficient (Wildman–Crippen LogP) is 2.82. The smallest absolute Gasteiger partial charge is 0.203 e. The third-order valence-corrected chi connectivity index (χ3v) is 3.48. The summed E-state index contributed by atoms with van der Waals surface area (Å²) in [4.78, 5) is 0. The van der Waals surface area contributed by atoms with Crippen LogP contribution in [-0.2, 0) is 6.54 Å². The molecule has 0 aliphatic heterocycles. The Morgan fingerprint density at radius 3 is 2.88 bits per heavy atom. The van der Waals surface area contributed by atoms with Crippen molar-refractivity contribution in [2.24, 2.45) is 5.92 Å². The van der Waals surface area contributed by atoms with Crippen molar-refractivity contribution in [3.8, 4) is 6.07 Å². The van der Waals surface area contributed by atoms with Crippen LogP contribution in [0.5, 0.6) is 0 Å². The average Bonchev–Trinajstić information content (AvgIpc) is 2.96. The third-order valence-electron chi connectivity index (χ3n) is 3.48. The molecule has 0 unspecified atom stereocenters. The second kappa shape index (κ2) is 5.18. The van der Waals surface area contributed by atoms with E-state index < -0.39 is 0 Å². The number of furan rings is 1. The maximum Gasteiger partial charge on any atom is 0.203 e. The zero-order chi connectivity index (χ0) is 11.4. The molecule has 1 saturated carbocycles. The molecule has 1 aromatic rings. The summed E-state index contributed by atoms with van der Waals surface area (Å²) in [6.45, 7) is 2.96. The Morgan fingerprint density at radius 2 is 2.25 bits per heavy atom. The lowest BCUT2D eigenvalue weighted by Crippen LogP contribution is -2.31. The fourth-order valence-electron chi connectivity index (χ4n) is 2.42. The maximum absolute atomic E-state index is 8.64. The highest BCUT2D eigenvalue weighted by Crippen LogP contribution is 2.27. The van der Waals surface area contributed by atoms with Crippen molar-refractivity contribution in [3.05, 3.63) is 23.7 Å². The van der Waals surface area contributed by atoms with E-state index in [-0.39, 0.29) is 0 Å². The summed E-state index contributed by atoms with van der Waals surface area (Å²) in [6.07, 6.45) is 5.43. The fourth-order valence-corrected chi connectivity index (χ4v) is 2.42. The summed E-state index contributed by atoms with van der Waals surface area (Å²) >= 11 is 0. The van der Waals surface area contributed by atoms with Crippen molar-refractivity contribution in [2.75, 3.05) is 0 Å². The van der Waals surface area contributed by atoms with E-state index in [9.17, 15) is 0 Å². The Balaban J connectivity index is 1.80. The molecule has 1 atom stereocenters. The summed E-state index contributed by atoms with van der Waals surface area (Å²) in [5.41, 5.74) is 0. The average molecular weight is 218 g/mol. The van der Waals surface area contributed by atoms with E-state index in [1.54, 1.807) is 6.07 Å². The second-order valence-electron chi connectivity index (χ2n) is 4.59. The van der Waals surface area contributed by atoms with Crippen molar-refractivity contribution in [1.82, 2.24) is 5.32 Å². The molecule has 1 heterocycles. The molecule has 1 aliphatic carbocycles. The van der Waals surface area contributed by atoms with Crippen molar-refractivity contribution >= 4 is 0 Å². The van der Waals surface area contributed by atoms with Crippen LogP contribution < -0.4 is 5.32 Å². The molecular weight excluding hydrogens is 200 g/mol. The van der Waals surface area contributed by atoms with Gasteiger partial charge in [0.25, 0.3) is 0 Å². The third kappa shape index (κ3) is 2.65. The molecule has 2 rings (SSSR count). The number of rotatable bonds is 4. The van der Waals surface area contributed by atoms with Crippen LogP contribution in [0.25, 0.3) is 0 Å². The van der Waals surface area contributed by atoms with E-state index in [1.165, 1.54) is 25.7 Å². The first kappa shape index (κ1) is 11.2. The fraction of sp³-hybridized carbons (Fsp3) is 0.615. The van der Waals surface area contributed by atoms with Crippen LogP contribution >= 0.6 is 0 Å². The second-order valence-corrected chi connectivity index (χ2v) is 4.59. The Morgan fingerprint density at radius 1 is 1.50 bits per heavy atom. The lowest BCUT2D eigenvalue weighted by Gasteiger charge is -2.19. The number of nitrogens with zero attached hydrogens (tertiary/aromatic N) is 1. The molecule has 1 N–H and O–H groups in total. The van der Waals surface area contributed by atoms with Gasteiger partial charge < -0.3 is 9.73 Å². The minimum absolute atomic E-state index is 0.394. The first-order valence-electron chi connectivity index (χ1n) is 6.02. The first-order valence-corrected chi connectivity index (χ1v) is 6.02. The van der Waals surface area contributed by atoms with Crippen LogP contribution in [-0.4, -0.2) is 6.04 Å². The summed E-state index contributed by atoms with van der Waals surface area (Å²) in [7, 11) is 0. The Labute approximate surface area is 96.4 Å². The normalized spacial score (nSPS) is 18.5. The van der Waals surface area contributed by atoms with Gasteiger partial charge in [-0.2, -0.15) is 5.26 Å². The lowest BCUT2D eigenvalue weighted by molar-refractivity contribution is 0.361. The number of hydrogen-bond acceptors (Lipinski definition) is 3. The number of hydrogen-bond donors (Lipinski definition) is 1. The van der Waals surface area contributed by atoms with E-state index in [1.807, 2.05) is 12.1 Å². The summed E-state index contributed by atoms with van der Waals surface area (Å²) < 4.78 is 5.32. The Kier molecular flexibility index (Phi) is 3.63. The van der Waals surface area contributed by atoms with Gasteiger partial charge >= 0.3 is 0 Å². The van der Waals surface area contributed by atoms with Crippen LogP contribution in [0.1, 0.15) is 44.1 Å². The maximum atomic E-state index is 8.64. The summed E-state index contributed by atoms with van der Waals surface area (Å²) in [6, 6.07) is 6.12. The highest BCUT2D eigenvalue weighted by atomic mass is 16.3. The topological polar surface area (TPSA) is 49.0 Å². The van der Waals surface area contributed by atoms with Crippen LogP contribution in [0.15, 0.2) is 16.5 Å². The van der Waals surface area contributed by atoms with Gasteiger partial charge in [-0.25, -0.2) is 0 Å². The number of nitriles is 1. The highest BCUT2D eigenvalue weighted by Gasteiger charge is 2.21. The molecule has 3 nitrogen and oxygen atoms in total. The van der Waals surface area contributed by atoms with Gasteiger partial charge in [0.2, 0.25) is 5.76 Å². The van der Waals surface area contributed by atoms with Gasteiger partial charge in [-0.1, -0.05) is 12.8 Å². The first-order chi connectivity index (χ1) is 7.79. The van der Waals surface area contributed by atoms with Gasteiger partial charge in [0.1, 0.15) is 11.8 Å². The van der Waals surface area contributed by atoms with E-state index in [4.69, 9.17) is 9.68 Å². The van der Waals surface area contributed by atoms with E-state index in [0.29, 0.717) is 11.8 Å². The SMILES string of the molecule is C[C@@H](NCc1ccc(C#N)o1)C1CCCC1. The molecule has 0 radical (unpaired) electrons. The minimum Gasteiger partial charge on any atom is -0.449 e. The van der Waals surface area contributed by atoms with Gasteiger partial charge in [-0.15, -0.1) is 0 Å². The molecule has 1 aromatic heterocycles. The van der Waals surface area contributed by atoms with Crippen LogP contribution in [0, 0.1) is 17.2 Å². The Hall–Kier alpha value is -1.27.